The standard InChI is InChI=1S/C20H31N3/c1-14(2)15-6-8-17-16(12-15)7-9-18-19(3,13-22-23-21)10-5-11-20(17,18)4/h7,12,14,17-18H,5-6,8-11,13H2,1-4H3/t17?,18?,19-,20+/m0/s1. The van der Waals surface area contributed by atoms with Gasteiger partial charge in [-0.2, -0.15) is 0 Å². The molecule has 3 heteroatoms. The Morgan fingerprint density at radius 2 is 2.13 bits per heavy atom. The molecule has 3 nitrogen and oxygen atoms in total. The zero-order chi connectivity index (χ0) is 16.7. The average Bonchev–Trinajstić information content (AvgIpc) is 2.52. The van der Waals surface area contributed by atoms with Crippen molar-refractivity contribution >= 4 is 0 Å². The van der Waals surface area contributed by atoms with Gasteiger partial charge in [0.25, 0.3) is 0 Å². The monoisotopic (exact) mass is 313 g/mol. The van der Waals surface area contributed by atoms with Crippen LogP contribution in [0.5, 0.6) is 0 Å². The van der Waals surface area contributed by atoms with Crippen LogP contribution in [-0.4, -0.2) is 6.54 Å². The third-order valence-electron chi connectivity index (χ3n) is 7.20. The normalized spacial score (nSPS) is 39.7. The van der Waals surface area contributed by atoms with Crippen LogP contribution in [0.4, 0.5) is 0 Å². The molecule has 0 N–H and O–H groups in total. The van der Waals surface area contributed by atoms with Crippen molar-refractivity contribution in [1.29, 1.82) is 0 Å². The van der Waals surface area contributed by atoms with E-state index in [0.29, 0.717) is 29.7 Å². The van der Waals surface area contributed by atoms with Gasteiger partial charge in [-0.15, -0.1) is 0 Å². The van der Waals surface area contributed by atoms with E-state index in [1.54, 1.807) is 11.1 Å². The van der Waals surface area contributed by atoms with E-state index in [1.807, 2.05) is 0 Å². The van der Waals surface area contributed by atoms with Crippen LogP contribution in [-0.2, 0) is 0 Å². The summed E-state index contributed by atoms with van der Waals surface area (Å²) in [5, 5.41) is 3.98. The minimum Gasteiger partial charge on any atom is -0.0934 e. The predicted molar refractivity (Wildman–Crippen MR) is 95.9 cm³/mol. The summed E-state index contributed by atoms with van der Waals surface area (Å²) in [4.78, 5) is 3.05. The molecule has 2 unspecified atom stereocenters. The maximum atomic E-state index is 8.78. The van der Waals surface area contributed by atoms with Crippen molar-refractivity contribution in [3.8, 4) is 0 Å². The summed E-state index contributed by atoms with van der Waals surface area (Å²) in [5.74, 6) is 2.02. The fraction of sp³-hybridized carbons (Fsp3) is 0.800. The lowest BCUT2D eigenvalue weighted by Crippen LogP contribution is -2.51. The van der Waals surface area contributed by atoms with Crippen LogP contribution >= 0.6 is 0 Å². The van der Waals surface area contributed by atoms with E-state index < -0.39 is 0 Å². The van der Waals surface area contributed by atoms with Crippen LogP contribution < -0.4 is 0 Å². The molecule has 0 saturated heterocycles. The molecule has 0 aromatic carbocycles. The third-order valence-corrected chi connectivity index (χ3v) is 7.20. The Morgan fingerprint density at radius 3 is 2.83 bits per heavy atom. The van der Waals surface area contributed by atoms with Crippen LogP contribution in [0.2, 0.25) is 0 Å². The smallest absolute Gasteiger partial charge is 0.0314 e. The van der Waals surface area contributed by atoms with E-state index in [4.69, 9.17) is 5.53 Å². The van der Waals surface area contributed by atoms with Crippen molar-refractivity contribution in [2.24, 2.45) is 33.7 Å². The Kier molecular flexibility index (Phi) is 4.35. The molecular weight excluding hydrogens is 282 g/mol. The van der Waals surface area contributed by atoms with Gasteiger partial charge < -0.3 is 0 Å². The first kappa shape index (κ1) is 16.6. The largest absolute Gasteiger partial charge is 0.0934 e. The van der Waals surface area contributed by atoms with Gasteiger partial charge in [-0.1, -0.05) is 57.0 Å². The molecule has 0 aromatic heterocycles. The summed E-state index contributed by atoms with van der Waals surface area (Å²) < 4.78 is 0. The summed E-state index contributed by atoms with van der Waals surface area (Å²) in [7, 11) is 0. The van der Waals surface area contributed by atoms with Gasteiger partial charge in [-0.05, 0) is 71.8 Å². The Bertz CT molecular complexity index is 582. The molecule has 0 heterocycles. The second-order valence-electron chi connectivity index (χ2n) is 8.86. The highest BCUT2D eigenvalue weighted by atomic mass is 15.1. The molecule has 3 rings (SSSR count). The molecule has 0 aromatic rings. The fourth-order valence-corrected chi connectivity index (χ4v) is 5.86. The Hall–Kier alpha value is -1.21. The maximum absolute atomic E-state index is 8.78. The van der Waals surface area contributed by atoms with Crippen molar-refractivity contribution in [3.63, 3.8) is 0 Å². The molecule has 0 bridgehead atoms. The average molecular weight is 313 g/mol. The number of allylic oxidation sites excluding steroid dienone is 4. The molecule has 3 aliphatic rings. The molecule has 3 aliphatic carbocycles. The van der Waals surface area contributed by atoms with Crippen LogP contribution in [0.1, 0.15) is 66.2 Å². The van der Waals surface area contributed by atoms with Crippen molar-refractivity contribution in [2.75, 3.05) is 6.54 Å². The van der Waals surface area contributed by atoms with E-state index >= 15 is 0 Å². The SMILES string of the molecule is CC(C)C1=CC2=CCC3[C@](C)(CN=[N+]=[N-])CCC[C@]3(C)C2CC1. The van der Waals surface area contributed by atoms with Crippen molar-refractivity contribution in [1.82, 2.24) is 0 Å². The lowest BCUT2D eigenvalue weighted by atomic mass is 9.47. The molecule has 1 fully saturated rings. The summed E-state index contributed by atoms with van der Waals surface area (Å²) >= 11 is 0. The second kappa shape index (κ2) is 6.02. The lowest BCUT2D eigenvalue weighted by Gasteiger charge is -2.58. The molecule has 1 saturated carbocycles. The molecular formula is C20H31N3. The molecule has 0 spiro atoms. The van der Waals surface area contributed by atoms with Gasteiger partial charge in [0.15, 0.2) is 0 Å². The Labute approximate surface area is 140 Å². The molecule has 0 amide bonds. The minimum absolute atomic E-state index is 0.170. The van der Waals surface area contributed by atoms with E-state index in [9.17, 15) is 0 Å². The number of azide groups is 1. The fourth-order valence-electron chi connectivity index (χ4n) is 5.86. The number of rotatable bonds is 3. The maximum Gasteiger partial charge on any atom is 0.0314 e. The highest BCUT2D eigenvalue weighted by molar-refractivity contribution is 5.35. The zero-order valence-electron chi connectivity index (χ0n) is 15.2. The van der Waals surface area contributed by atoms with Gasteiger partial charge >= 0.3 is 0 Å². The summed E-state index contributed by atoms with van der Waals surface area (Å²) in [6, 6.07) is 0. The molecule has 4 atom stereocenters. The molecule has 0 radical (unpaired) electrons. The van der Waals surface area contributed by atoms with Crippen LogP contribution in [0.25, 0.3) is 10.4 Å². The Morgan fingerprint density at radius 1 is 1.35 bits per heavy atom. The van der Waals surface area contributed by atoms with Gasteiger partial charge in [-0.3, -0.25) is 0 Å². The summed E-state index contributed by atoms with van der Waals surface area (Å²) in [5.41, 5.74) is 12.6. The van der Waals surface area contributed by atoms with E-state index in [2.05, 4.69) is 49.9 Å². The van der Waals surface area contributed by atoms with Gasteiger partial charge in [0, 0.05) is 11.5 Å². The van der Waals surface area contributed by atoms with Gasteiger partial charge in [0.1, 0.15) is 0 Å². The minimum atomic E-state index is 0.170. The zero-order valence-corrected chi connectivity index (χ0v) is 15.2. The Balaban J connectivity index is 1.95. The number of fused-ring (bicyclic) bond motifs is 3. The quantitative estimate of drug-likeness (QED) is 0.327. The highest BCUT2D eigenvalue weighted by Gasteiger charge is 2.53. The first-order chi connectivity index (χ1) is 10.9. The third kappa shape index (κ3) is 2.74. The van der Waals surface area contributed by atoms with Crippen molar-refractivity contribution in [3.05, 3.63) is 33.7 Å². The number of hydrogen-bond donors (Lipinski definition) is 0. The van der Waals surface area contributed by atoms with Crippen LogP contribution in [0, 0.1) is 28.6 Å². The first-order valence-electron chi connectivity index (χ1n) is 9.32. The van der Waals surface area contributed by atoms with Gasteiger partial charge in [0.05, 0.1) is 0 Å². The van der Waals surface area contributed by atoms with Crippen molar-refractivity contribution < 1.29 is 0 Å². The topological polar surface area (TPSA) is 48.8 Å². The van der Waals surface area contributed by atoms with E-state index in [1.165, 1.54) is 32.1 Å². The molecule has 23 heavy (non-hydrogen) atoms. The van der Waals surface area contributed by atoms with Gasteiger partial charge in [0.2, 0.25) is 0 Å². The van der Waals surface area contributed by atoms with E-state index in [-0.39, 0.29) is 5.41 Å². The van der Waals surface area contributed by atoms with Crippen molar-refractivity contribution in [2.45, 2.75) is 66.2 Å². The first-order valence-corrected chi connectivity index (χ1v) is 9.32. The number of hydrogen-bond acceptors (Lipinski definition) is 1. The molecule has 0 aliphatic heterocycles. The summed E-state index contributed by atoms with van der Waals surface area (Å²) in [6.07, 6.45) is 12.6. The van der Waals surface area contributed by atoms with Crippen LogP contribution in [0.15, 0.2) is 28.4 Å². The predicted octanol–water partition coefficient (Wildman–Crippen LogP) is 6.43. The summed E-state index contributed by atoms with van der Waals surface area (Å²) in [6.45, 7) is 10.2. The molecule has 126 valence electrons. The number of nitrogens with zero attached hydrogens (tertiary/aromatic N) is 3. The highest BCUT2D eigenvalue weighted by Crippen LogP contribution is 2.62. The lowest BCUT2D eigenvalue weighted by molar-refractivity contribution is -0.0438. The second-order valence-corrected chi connectivity index (χ2v) is 8.86. The van der Waals surface area contributed by atoms with E-state index in [0.717, 1.165) is 6.42 Å². The van der Waals surface area contributed by atoms with Crippen LogP contribution in [0.3, 0.4) is 0 Å². The van der Waals surface area contributed by atoms with Gasteiger partial charge in [-0.25, -0.2) is 0 Å².